The Balaban J connectivity index is 1.98. The van der Waals surface area contributed by atoms with E-state index in [1.807, 2.05) is 44.2 Å². The number of nitrogens with zero attached hydrogens (tertiary/aromatic N) is 2. The van der Waals surface area contributed by atoms with Gasteiger partial charge in [-0.05, 0) is 17.9 Å². The number of halogens is 1. The SMILES string of the molecule is CC(C)c1nn(C)c(Cl)c1C(=O)NCCC(O)c1ccccc1. The van der Waals surface area contributed by atoms with E-state index in [2.05, 4.69) is 10.4 Å². The van der Waals surface area contributed by atoms with Crippen molar-refractivity contribution >= 4 is 17.5 Å². The lowest BCUT2D eigenvalue weighted by Gasteiger charge is -2.12. The number of amides is 1. The summed E-state index contributed by atoms with van der Waals surface area (Å²) >= 11 is 6.18. The van der Waals surface area contributed by atoms with Gasteiger partial charge in [0.1, 0.15) is 5.15 Å². The third-order valence-corrected chi connectivity index (χ3v) is 4.10. The minimum absolute atomic E-state index is 0.101. The number of carbonyl (C=O) groups excluding carboxylic acids is 1. The van der Waals surface area contributed by atoms with Crippen molar-refractivity contribution in [3.63, 3.8) is 0 Å². The highest BCUT2D eigenvalue weighted by Crippen LogP contribution is 2.25. The number of aliphatic hydroxyl groups excluding tert-OH is 1. The first-order valence-electron chi connectivity index (χ1n) is 7.65. The van der Waals surface area contributed by atoms with Crippen LogP contribution in [0.25, 0.3) is 0 Å². The van der Waals surface area contributed by atoms with Crippen LogP contribution >= 0.6 is 11.6 Å². The van der Waals surface area contributed by atoms with Crippen molar-refractivity contribution < 1.29 is 9.90 Å². The van der Waals surface area contributed by atoms with E-state index in [0.29, 0.717) is 29.4 Å². The fraction of sp³-hybridized carbons (Fsp3) is 0.412. The van der Waals surface area contributed by atoms with Crippen LogP contribution in [0.4, 0.5) is 0 Å². The van der Waals surface area contributed by atoms with Gasteiger partial charge in [-0.1, -0.05) is 55.8 Å². The van der Waals surface area contributed by atoms with E-state index >= 15 is 0 Å². The molecule has 5 nitrogen and oxygen atoms in total. The van der Waals surface area contributed by atoms with Crippen molar-refractivity contribution in [2.75, 3.05) is 6.54 Å². The summed E-state index contributed by atoms with van der Waals surface area (Å²) in [6, 6.07) is 9.38. The van der Waals surface area contributed by atoms with Gasteiger partial charge in [-0.2, -0.15) is 5.10 Å². The second kappa shape index (κ2) is 7.62. The van der Waals surface area contributed by atoms with Crippen LogP contribution in [0.15, 0.2) is 30.3 Å². The molecule has 0 saturated carbocycles. The summed E-state index contributed by atoms with van der Waals surface area (Å²) in [6.07, 6.45) is -0.171. The lowest BCUT2D eigenvalue weighted by molar-refractivity contribution is 0.0941. The van der Waals surface area contributed by atoms with Crippen LogP contribution in [0.2, 0.25) is 5.15 Å². The van der Waals surface area contributed by atoms with Gasteiger partial charge < -0.3 is 10.4 Å². The zero-order valence-electron chi connectivity index (χ0n) is 13.6. The first-order chi connectivity index (χ1) is 10.9. The van der Waals surface area contributed by atoms with Crippen LogP contribution in [-0.2, 0) is 7.05 Å². The highest BCUT2D eigenvalue weighted by Gasteiger charge is 2.23. The first kappa shape index (κ1) is 17.5. The molecule has 1 heterocycles. The minimum atomic E-state index is -0.606. The Morgan fingerprint density at radius 3 is 2.61 bits per heavy atom. The van der Waals surface area contributed by atoms with E-state index in [9.17, 15) is 9.90 Å². The number of aliphatic hydroxyl groups is 1. The molecular weight excluding hydrogens is 314 g/mol. The van der Waals surface area contributed by atoms with Gasteiger partial charge >= 0.3 is 0 Å². The third kappa shape index (κ3) is 4.12. The summed E-state index contributed by atoms with van der Waals surface area (Å²) < 4.78 is 1.50. The number of carbonyl (C=O) groups is 1. The molecule has 0 saturated heterocycles. The highest BCUT2D eigenvalue weighted by atomic mass is 35.5. The molecule has 0 aliphatic rings. The lowest BCUT2D eigenvalue weighted by Crippen LogP contribution is -2.26. The van der Waals surface area contributed by atoms with Crippen molar-refractivity contribution in [3.8, 4) is 0 Å². The van der Waals surface area contributed by atoms with Gasteiger partial charge in [0.2, 0.25) is 0 Å². The minimum Gasteiger partial charge on any atom is -0.388 e. The standard InChI is InChI=1S/C17H22ClN3O2/c1-11(2)15-14(16(18)21(3)20-15)17(23)19-10-9-13(22)12-7-5-4-6-8-12/h4-8,11,13,22H,9-10H2,1-3H3,(H,19,23). The lowest BCUT2D eigenvalue weighted by atomic mass is 10.1. The first-order valence-corrected chi connectivity index (χ1v) is 8.03. The van der Waals surface area contributed by atoms with Gasteiger partial charge in [0.05, 0.1) is 17.4 Å². The summed E-state index contributed by atoms with van der Waals surface area (Å²) in [4.78, 5) is 12.4. The van der Waals surface area contributed by atoms with Crippen LogP contribution in [0, 0.1) is 0 Å². The molecule has 6 heteroatoms. The van der Waals surface area contributed by atoms with Crippen molar-refractivity contribution in [3.05, 3.63) is 52.3 Å². The average molecular weight is 336 g/mol. The van der Waals surface area contributed by atoms with Gasteiger partial charge in [-0.25, -0.2) is 0 Å². The number of hydrogen-bond donors (Lipinski definition) is 2. The van der Waals surface area contributed by atoms with E-state index < -0.39 is 6.10 Å². The molecule has 0 aliphatic carbocycles. The van der Waals surface area contributed by atoms with Gasteiger partial charge in [0, 0.05) is 13.6 Å². The topological polar surface area (TPSA) is 67.2 Å². The Hall–Kier alpha value is -1.85. The maximum absolute atomic E-state index is 12.4. The number of aromatic nitrogens is 2. The van der Waals surface area contributed by atoms with Crippen LogP contribution in [0.5, 0.6) is 0 Å². The summed E-state index contributed by atoms with van der Waals surface area (Å²) in [5.41, 5.74) is 1.93. The predicted octanol–water partition coefficient (Wildman–Crippen LogP) is 3.05. The molecular formula is C17H22ClN3O2. The largest absolute Gasteiger partial charge is 0.388 e. The number of benzene rings is 1. The molecule has 1 aromatic heterocycles. The van der Waals surface area contributed by atoms with Crippen molar-refractivity contribution in [2.45, 2.75) is 32.3 Å². The Kier molecular flexibility index (Phi) is 5.80. The molecule has 0 spiro atoms. The number of hydrogen-bond acceptors (Lipinski definition) is 3. The van der Waals surface area contributed by atoms with Crippen LogP contribution in [0.1, 0.15) is 53.9 Å². The molecule has 0 fully saturated rings. The summed E-state index contributed by atoms with van der Waals surface area (Å²) in [5.74, 6) is -0.156. The van der Waals surface area contributed by atoms with Gasteiger partial charge in [0.25, 0.3) is 5.91 Å². The maximum Gasteiger partial charge on any atom is 0.256 e. The van der Waals surface area contributed by atoms with Crippen molar-refractivity contribution in [1.29, 1.82) is 0 Å². The Labute approximate surface area is 141 Å². The molecule has 0 bridgehead atoms. The summed E-state index contributed by atoms with van der Waals surface area (Å²) in [5, 5.41) is 17.5. The van der Waals surface area contributed by atoms with E-state index in [0.717, 1.165) is 5.56 Å². The smallest absolute Gasteiger partial charge is 0.256 e. The molecule has 124 valence electrons. The number of nitrogens with one attached hydrogen (secondary N) is 1. The number of aryl methyl sites for hydroxylation is 1. The third-order valence-electron chi connectivity index (χ3n) is 3.67. The summed E-state index contributed by atoms with van der Waals surface area (Å²) in [7, 11) is 1.71. The van der Waals surface area contributed by atoms with Gasteiger partial charge in [-0.15, -0.1) is 0 Å². The molecule has 23 heavy (non-hydrogen) atoms. The maximum atomic E-state index is 12.4. The molecule has 2 rings (SSSR count). The van der Waals surface area contributed by atoms with Crippen molar-refractivity contribution in [2.24, 2.45) is 7.05 Å². The molecule has 0 aliphatic heterocycles. The van der Waals surface area contributed by atoms with Gasteiger partial charge in [0.15, 0.2) is 0 Å². The molecule has 1 atom stereocenters. The summed E-state index contributed by atoms with van der Waals surface area (Å²) in [6.45, 7) is 4.29. The second-order valence-corrected chi connectivity index (χ2v) is 6.16. The molecule has 2 aromatic rings. The van der Waals surface area contributed by atoms with Crippen LogP contribution < -0.4 is 5.32 Å². The van der Waals surface area contributed by atoms with Crippen LogP contribution in [-0.4, -0.2) is 27.3 Å². The Morgan fingerprint density at radius 2 is 2.00 bits per heavy atom. The average Bonchev–Trinajstić information content (AvgIpc) is 2.84. The van der Waals surface area contributed by atoms with E-state index in [1.165, 1.54) is 4.68 Å². The monoisotopic (exact) mass is 335 g/mol. The van der Waals surface area contributed by atoms with Crippen molar-refractivity contribution in [1.82, 2.24) is 15.1 Å². The van der Waals surface area contributed by atoms with Gasteiger partial charge in [-0.3, -0.25) is 9.48 Å². The molecule has 1 aromatic carbocycles. The fourth-order valence-corrected chi connectivity index (χ4v) is 2.61. The fourth-order valence-electron chi connectivity index (χ4n) is 2.39. The molecule has 1 amide bonds. The zero-order valence-corrected chi connectivity index (χ0v) is 14.3. The Bertz CT molecular complexity index is 668. The number of rotatable bonds is 6. The van der Waals surface area contributed by atoms with Crippen LogP contribution in [0.3, 0.4) is 0 Å². The Morgan fingerprint density at radius 1 is 1.35 bits per heavy atom. The predicted molar refractivity (Wildman–Crippen MR) is 90.7 cm³/mol. The van der Waals surface area contributed by atoms with E-state index in [4.69, 9.17) is 11.6 Å². The second-order valence-electron chi connectivity index (χ2n) is 5.80. The highest BCUT2D eigenvalue weighted by molar-refractivity contribution is 6.33. The quantitative estimate of drug-likeness (QED) is 0.852. The molecule has 0 radical (unpaired) electrons. The molecule has 1 unspecified atom stereocenters. The zero-order chi connectivity index (χ0) is 17.0. The van der Waals surface area contributed by atoms with E-state index in [-0.39, 0.29) is 11.8 Å². The van der Waals surface area contributed by atoms with E-state index in [1.54, 1.807) is 7.05 Å². The normalized spacial score (nSPS) is 12.4. The molecule has 2 N–H and O–H groups in total.